The van der Waals surface area contributed by atoms with Crippen molar-refractivity contribution in [3.8, 4) is 11.5 Å². The molecule has 3 aliphatic rings. The number of piperazine rings is 1. The minimum absolute atomic E-state index is 0.000386. The van der Waals surface area contributed by atoms with Gasteiger partial charge in [-0.2, -0.15) is 0 Å². The van der Waals surface area contributed by atoms with E-state index in [9.17, 15) is 9.59 Å². The van der Waals surface area contributed by atoms with Crippen molar-refractivity contribution >= 4 is 11.8 Å². The van der Waals surface area contributed by atoms with Crippen LogP contribution in [-0.4, -0.2) is 48.0 Å². The molecule has 1 saturated heterocycles. The van der Waals surface area contributed by atoms with Crippen molar-refractivity contribution in [1.82, 2.24) is 9.80 Å². The average Bonchev–Trinajstić information content (AvgIpc) is 2.88. The lowest BCUT2D eigenvalue weighted by molar-refractivity contribution is -0.155. The number of hydrogen-bond donors (Lipinski definition) is 0. The fourth-order valence-corrected chi connectivity index (χ4v) is 3.08. The first-order chi connectivity index (χ1) is 9.63. The minimum Gasteiger partial charge on any atom is -0.454 e. The third-order valence-electron chi connectivity index (χ3n) is 4.18. The molecule has 0 spiro atoms. The van der Waals surface area contributed by atoms with Crippen LogP contribution >= 0.6 is 0 Å². The summed E-state index contributed by atoms with van der Waals surface area (Å²) >= 11 is 0. The molecule has 3 heterocycles. The average molecular weight is 274 g/mol. The Morgan fingerprint density at radius 3 is 2.55 bits per heavy atom. The minimum atomic E-state index is -0.380. The van der Waals surface area contributed by atoms with Crippen LogP contribution < -0.4 is 9.47 Å². The lowest BCUT2D eigenvalue weighted by Gasteiger charge is -2.42. The van der Waals surface area contributed by atoms with Crippen LogP contribution in [0.2, 0.25) is 0 Å². The molecular weight excluding hydrogens is 260 g/mol. The highest BCUT2D eigenvalue weighted by atomic mass is 16.7. The molecule has 1 unspecified atom stereocenters. The van der Waals surface area contributed by atoms with Crippen molar-refractivity contribution in [2.24, 2.45) is 0 Å². The Morgan fingerprint density at radius 1 is 1.10 bits per heavy atom. The molecule has 0 saturated carbocycles. The van der Waals surface area contributed by atoms with Gasteiger partial charge in [0.1, 0.15) is 6.04 Å². The summed E-state index contributed by atoms with van der Waals surface area (Å²) < 4.78 is 10.7. The quantitative estimate of drug-likeness (QED) is 0.675. The van der Waals surface area contributed by atoms with Crippen molar-refractivity contribution < 1.29 is 19.1 Å². The molecule has 1 aromatic carbocycles. The van der Waals surface area contributed by atoms with Gasteiger partial charge >= 0.3 is 0 Å². The lowest BCUT2D eigenvalue weighted by atomic mass is 9.91. The Bertz CT molecular complexity index is 628. The third kappa shape index (κ3) is 1.51. The Labute approximate surface area is 115 Å². The van der Waals surface area contributed by atoms with Crippen molar-refractivity contribution in [3.05, 3.63) is 23.3 Å². The summed E-state index contributed by atoms with van der Waals surface area (Å²) in [5.41, 5.74) is 2.10. The van der Waals surface area contributed by atoms with Gasteiger partial charge in [0.05, 0.1) is 6.54 Å². The molecule has 3 aliphatic heterocycles. The fourth-order valence-electron chi connectivity index (χ4n) is 3.08. The number of rotatable bonds is 0. The highest BCUT2D eigenvalue weighted by Crippen LogP contribution is 2.38. The van der Waals surface area contributed by atoms with Crippen LogP contribution in [0.25, 0.3) is 0 Å². The first-order valence-electron chi connectivity index (χ1n) is 6.59. The molecule has 6 heteroatoms. The molecule has 20 heavy (non-hydrogen) atoms. The molecule has 0 bridgehead atoms. The van der Waals surface area contributed by atoms with Crippen LogP contribution in [0.4, 0.5) is 0 Å². The molecule has 0 N–H and O–H groups in total. The van der Waals surface area contributed by atoms with Crippen LogP contribution in [0, 0.1) is 0 Å². The Morgan fingerprint density at radius 2 is 1.80 bits per heavy atom. The van der Waals surface area contributed by atoms with Gasteiger partial charge in [0.15, 0.2) is 11.5 Å². The number of carbonyl (C=O) groups is 2. The first kappa shape index (κ1) is 11.6. The molecular formula is C14H14N2O4. The van der Waals surface area contributed by atoms with Gasteiger partial charge in [-0.15, -0.1) is 0 Å². The highest BCUT2D eigenvalue weighted by Gasteiger charge is 2.41. The number of hydrogen-bond acceptors (Lipinski definition) is 4. The SMILES string of the molecule is CN1CC(=O)N2Cc3cc4c(cc3CC2C1=O)OCO4. The van der Waals surface area contributed by atoms with E-state index in [4.69, 9.17) is 9.47 Å². The predicted molar refractivity (Wildman–Crippen MR) is 68.2 cm³/mol. The number of likely N-dealkylation sites (N-methyl/N-ethyl adjacent to an activating group) is 1. The van der Waals surface area contributed by atoms with E-state index in [2.05, 4.69) is 0 Å². The monoisotopic (exact) mass is 274 g/mol. The maximum atomic E-state index is 12.2. The Balaban J connectivity index is 1.75. The van der Waals surface area contributed by atoms with E-state index in [1.54, 1.807) is 11.9 Å². The van der Waals surface area contributed by atoms with E-state index in [1.807, 2.05) is 12.1 Å². The summed E-state index contributed by atoms with van der Waals surface area (Å²) in [5, 5.41) is 0. The molecule has 1 atom stereocenters. The van der Waals surface area contributed by atoms with E-state index in [-0.39, 0.29) is 31.2 Å². The van der Waals surface area contributed by atoms with Crippen LogP contribution in [0.5, 0.6) is 11.5 Å². The Kier molecular flexibility index (Phi) is 2.24. The van der Waals surface area contributed by atoms with Gasteiger partial charge < -0.3 is 19.3 Å². The summed E-state index contributed by atoms with van der Waals surface area (Å²) in [6.45, 7) is 0.857. The summed E-state index contributed by atoms with van der Waals surface area (Å²) in [7, 11) is 1.67. The van der Waals surface area contributed by atoms with Gasteiger partial charge in [-0.1, -0.05) is 0 Å². The highest BCUT2D eigenvalue weighted by molar-refractivity contribution is 5.95. The van der Waals surface area contributed by atoms with Crippen molar-refractivity contribution in [3.63, 3.8) is 0 Å². The topological polar surface area (TPSA) is 59.1 Å². The standard InChI is InChI=1S/C14H14N2O4/c1-15-6-13(17)16-5-9-4-12-11(19-7-20-12)3-8(9)2-10(16)14(15)18/h3-4,10H,2,5-7H2,1H3. The van der Waals surface area contributed by atoms with Gasteiger partial charge in [-0.05, 0) is 23.3 Å². The number of fused-ring (bicyclic) bond motifs is 3. The second-order valence-corrected chi connectivity index (χ2v) is 5.41. The molecule has 2 amide bonds. The number of benzene rings is 1. The maximum absolute atomic E-state index is 12.2. The second-order valence-electron chi connectivity index (χ2n) is 5.41. The first-order valence-corrected chi connectivity index (χ1v) is 6.59. The lowest BCUT2D eigenvalue weighted by Crippen LogP contribution is -2.60. The summed E-state index contributed by atoms with van der Waals surface area (Å²) in [6.07, 6.45) is 0.543. The predicted octanol–water partition coefficient (Wildman–Crippen LogP) is 0.141. The van der Waals surface area contributed by atoms with Gasteiger partial charge in [-0.3, -0.25) is 9.59 Å². The normalized spacial score (nSPS) is 23.8. The zero-order valence-corrected chi connectivity index (χ0v) is 11.1. The van der Waals surface area contributed by atoms with E-state index >= 15 is 0 Å². The van der Waals surface area contributed by atoms with Crippen LogP contribution in [0.15, 0.2) is 12.1 Å². The largest absolute Gasteiger partial charge is 0.454 e. The number of ether oxygens (including phenoxy) is 2. The zero-order chi connectivity index (χ0) is 13.9. The van der Waals surface area contributed by atoms with Gasteiger partial charge in [-0.25, -0.2) is 0 Å². The van der Waals surface area contributed by atoms with Gasteiger partial charge in [0.25, 0.3) is 0 Å². The smallest absolute Gasteiger partial charge is 0.245 e. The van der Waals surface area contributed by atoms with Crippen molar-refractivity contribution in [2.75, 3.05) is 20.4 Å². The molecule has 104 valence electrons. The van der Waals surface area contributed by atoms with Crippen LogP contribution in [0.3, 0.4) is 0 Å². The van der Waals surface area contributed by atoms with Crippen molar-refractivity contribution in [1.29, 1.82) is 0 Å². The molecule has 1 aromatic rings. The molecule has 0 aliphatic carbocycles. The second kappa shape index (κ2) is 3.88. The summed E-state index contributed by atoms with van der Waals surface area (Å²) in [5.74, 6) is 1.45. The third-order valence-corrected chi connectivity index (χ3v) is 4.18. The Hall–Kier alpha value is -2.24. The van der Waals surface area contributed by atoms with Crippen LogP contribution in [-0.2, 0) is 22.6 Å². The van der Waals surface area contributed by atoms with Gasteiger partial charge in [0, 0.05) is 20.0 Å². The zero-order valence-electron chi connectivity index (χ0n) is 11.1. The fraction of sp³-hybridized carbons (Fsp3) is 0.429. The van der Waals surface area contributed by atoms with E-state index in [0.717, 1.165) is 22.6 Å². The number of nitrogens with zero attached hydrogens (tertiary/aromatic N) is 2. The van der Waals surface area contributed by atoms with Crippen LogP contribution in [0.1, 0.15) is 11.1 Å². The van der Waals surface area contributed by atoms with E-state index in [1.165, 1.54) is 4.90 Å². The number of amides is 2. The molecule has 0 radical (unpaired) electrons. The summed E-state index contributed by atoms with van der Waals surface area (Å²) in [4.78, 5) is 27.5. The molecule has 6 nitrogen and oxygen atoms in total. The molecule has 4 rings (SSSR count). The van der Waals surface area contributed by atoms with E-state index < -0.39 is 0 Å². The van der Waals surface area contributed by atoms with Crippen molar-refractivity contribution in [2.45, 2.75) is 19.0 Å². The summed E-state index contributed by atoms with van der Waals surface area (Å²) in [6, 6.07) is 3.47. The van der Waals surface area contributed by atoms with Gasteiger partial charge in [0.2, 0.25) is 18.6 Å². The maximum Gasteiger partial charge on any atom is 0.245 e. The molecule has 1 fully saturated rings. The van der Waals surface area contributed by atoms with E-state index in [0.29, 0.717) is 13.0 Å². The number of carbonyl (C=O) groups excluding carboxylic acids is 2. The molecule has 0 aromatic heterocycles.